The molecule has 0 saturated heterocycles. The normalized spacial score (nSPS) is 12.6. The Morgan fingerprint density at radius 2 is 1.89 bits per heavy atom. The molecule has 0 aliphatic rings. The molecule has 1 aromatic heterocycles. The Hall–Kier alpha value is -1.61. The molecule has 1 N–H and O–H groups in total. The van der Waals surface area contributed by atoms with Gasteiger partial charge < -0.3 is 9.73 Å². The third-order valence-corrected chi connectivity index (χ3v) is 2.85. The Morgan fingerprint density at radius 1 is 1.17 bits per heavy atom. The zero-order valence-electron chi connectivity index (χ0n) is 10.7. The summed E-state index contributed by atoms with van der Waals surface area (Å²) in [5.74, 6) is 1.53. The molecule has 1 heterocycles. The maximum atomic E-state index is 13.0. The largest absolute Gasteiger partial charge is 0.464 e. The fourth-order valence-corrected chi connectivity index (χ4v) is 1.94. The van der Waals surface area contributed by atoms with Crippen LogP contribution in [-0.4, -0.2) is 6.54 Å². The van der Waals surface area contributed by atoms with Crippen LogP contribution in [0.1, 0.15) is 36.5 Å². The highest BCUT2D eigenvalue weighted by Gasteiger charge is 2.16. The maximum Gasteiger partial charge on any atom is 0.125 e. The molecule has 1 unspecified atom stereocenters. The van der Waals surface area contributed by atoms with Crippen molar-refractivity contribution in [3.05, 3.63) is 59.3 Å². The van der Waals surface area contributed by atoms with Crippen molar-refractivity contribution >= 4 is 0 Å². The second kappa shape index (κ2) is 5.83. The van der Waals surface area contributed by atoms with Crippen molar-refractivity contribution in [2.75, 3.05) is 6.54 Å². The van der Waals surface area contributed by atoms with E-state index >= 15 is 0 Å². The maximum absolute atomic E-state index is 13.0. The van der Waals surface area contributed by atoms with Gasteiger partial charge in [-0.25, -0.2) is 4.39 Å². The summed E-state index contributed by atoms with van der Waals surface area (Å²) in [5, 5.41) is 3.42. The highest BCUT2D eigenvalue weighted by atomic mass is 19.1. The van der Waals surface area contributed by atoms with E-state index in [0.717, 1.165) is 30.0 Å². The molecule has 0 bridgehead atoms. The zero-order chi connectivity index (χ0) is 13.0. The Bertz CT molecular complexity index is 489. The first-order chi connectivity index (χ1) is 8.70. The molecule has 2 nitrogen and oxygen atoms in total. The number of hydrogen-bond donors (Lipinski definition) is 1. The van der Waals surface area contributed by atoms with Crippen LogP contribution in [0.4, 0.5) is 4.39 Å². The van der Waals surface area contributed by atoms with Gasteiger partial charge in [-0.15, -0.1) is 0 Å². The lowest BCUT2D eigenvalue weighted by molar-refractivity contribution is 0.430. The van der Waals surface area contributed by atoms with Gasteiger partial charge in [-0.1, -0.05) is 19.1 Å². The molecule has 0 aliphatic carbocycles. The average molecular weight is 247 g/mol. The van der Waals surface area contributed by atoms with Crippen LogP contribution in [0, 0.1) is 12.7 Å². The third-order valence-electron chi connectivity index (χ3n) is 2.85. The van der Waals surface area contributed by atoms with Crippen molar-refractivity contribution in [1.29, 1.82) is 0 Å². The molecule has 0 radical (unpaired) electrons. The van der Waals surface area contributed by atoms with Gasteiger partial charge in [0.05, 0.1) is 6.04 Å². The molecule has 0 fully saturated rings. The van der Waals surface area contributed by atoms with Gasteiger partial charge in [-0.2, -0.15) is 0 Å². The highest BCUT2D eigenvalue weighted by molar-refractivity contribution is 5.27. The minimum Gasteiger partial charge on any atom is -0.464 e. The molecule has 2 rings (SSSR count). The van der Waals surface area contributed by atoms with Gasteiger partial charge in [-0.3, -0.25) is 0 Å². The van der Waals surface area contributed by atoms with Crippen LogP contribution in [0.3, 0.4) is 0 Å². The second-order valence-electron chi connectivity index (χ2n) is 4.39. The van der Waals surface area contributed by atoms with Crippen molar-refractivity contribution in [2.24, 2.45) is 0 Å². The smallest absolute Gasteiger partial charge is 0.125 e. The van der Waals surface area contributed by atoms with Crippen LogP contribution in [0.2, 0.25) is 0 Å². The predicted octanol–water partition coefficient (Wildman–Crippen LogP) is 3.82. The summed E-state index contributed by atoms with van der Waals surface area (Å²) < 4.78 is 18.6. The van der Waals surface area contributed by atoms with Crippen LogP contribution >= 0.6 is 0 Å². The van der Waals surface area contributed by atoms with E-state index in [0.29, 0.717) is 0 Å². The molecule has 18 heavy (non-hydrogen) atoms. The summed E-state index contributed by atoms with van der Waals surface area (Å²) in [4.78, 5) is 0. The molecule has 0 amide bonds. The molecule has 3 heteroatoms. The van der Waals surface area contributed by atoms with Gasteiger partial charge in [0, 0.05) is 0 Å². The third kappa shape index (κ3) is 2.99. The van der Waals surface area contributed by atoms with E-state index in [-0.39, 0.29) is 11.9 Å². The first-order valence-corrected chi connectivity index (χ1v) is 6.26. The molecule has 0 aliphatic heterocycles. The highest BCUT2D eigenvalue weighted by Crippen LogP contribution is 2.24. The van der Waals surface area contributed by atoms with Crippen LogP contribution in [0.15, 0.2) is 40.8 Å². The van der Waals surface area contributed by atoms with E-state index in [1.807, 2.05) is 19.1 Å². The number of furan rings is 1. The number of benzene rings is 1. The minimum absolute atomic E-state index is 0.0146. The minimum atomic E-state index is -0.219. The molecule has 96 valence electrons. The molecule has 0 saturated carbocycles. The number of aryl methyl sites for hydroxylation is 1. The Kier molecular flexibility index (Phi) is 4.15. The Morgan fingerprint density at radius 3 is 2.44 bits per heavy atom. The lowest BCUT2D eigenvalue weighted by Crippen LogP contribution is -2.22. The van der Waals surface area contributed by atoms with Gasteiger partial charge in [0.25, 0.3) is 0 Å². The van der Waals surface area contributed by atoms with Gasteiger partial charge >= 0.3 is 0 Å². The fraction of sp³-hybridized carbons (Fsp3) is 0.333. The van der Waals surface area contributed by atoms with E-state index in [4.69, 9.17) is 4.42 Å². The van der Waals surface area contributed by atoms with Crippen LogP contribution < -0.4 is 5.32 Å². The molecule has 1 atom stereocenters. The summed E-state index contributed by atoms with van der Waals surface area (Å²) in [6.07, 6.45) is 1.04. The van der Waals surface area contributed by atoms with Gasteiger partial charge in [0.1, 0.15) is 17.3 Å². The van der Waals surface area contributed by atoms with Gasteiger partial charge in [0.15, 0.2) is 0 Å². The summed E-state index contributed by atoms with van der Waals surface area (Å²) in [6, 6.07) is 10.4. The number of hydrogen-bond acceptors (Lipinski definition) is 2. The first kappa shape index (κ1) is 12.8. The predicted molar refractivity (Wildman–Crippen MR) is 70.0 cm³/mol. The van der Waals surface area contributed by atoms with Crippen molar-refractivity contribution < 1.29 is 8.81 Å². The molecular formula is C15H18FNO. The monoisotopic (exact) mass is 247 g/mol. The van der Waals surface area contributed by atoms with E-state index < -0.39 is 0 Å². The average Bonchev–Trinajstić information content (AvgIpc) is 2.78. The van der Waals surface area contributed by atoms with Crippen molar-refractivity contribution in [3.63, 3.8) is 0 Å². The SMILES string of the molecule is CCCNC(c1ccc(F)cc1)c1ccc(C)o1. The van der Waals surface area contributed by atoms with E-state index in [9.17, 15) is 4.39 Å². The standard InChI is InChI=1S/C15H18FNO/c1-3-10-17-15(14-9-4-11(2)18-14)12-5-7-13(16)8-6-12/h4-9,15,17H,3,10H2,1-2H3. The summed E-state index contributed by atoms with van der Waals surface area (Å²) >= 11 is 0. The van der Waals surface area contributed by atoms with E-state index in [1.54, 1.807) is 12.1 Å². The van der Waals surface area contributed by atoms with Gasteiger partial charge in [0.2, 0.25) is 0 Å². The summed E-state index contributed by atoms with van der Waals surface area (Å²) in [6.45, 7) is 4.93. The molecule has 2 aromatic rings. The number of nitrogens with one attached hydrogen (secondary N) is 1. The van der Waals surface area contributed by atoms with E-state index in [2.05, 4.69) is 12.2 Å². The van der Waals surface area contributed by atoms with Crippen LogP contribution in [0.25, 0.3) is 0 Å². The lowest BCUT2D eigenvalue weighted by Gasteiger charge is -2.16. The van der Waals surface area contributed by atoms with Crippen molar-refractivity contribution in [1.82, 2.24) is 5.32 Å². The lowest BCUT2D eigenvalue weighted by atomic mass is 10.0. The van der Waals surface area contributed by atoms with Crippen molar-refractivity contribution in [3.8, 4) is 0 Å². The fourth-order valence-electron chi connectivity index (χ4n) is 1.94. The Balaban J connectivity index is 2.27. The van der Waals surface area contributed by atoms with Crippen molar-refractivity contribution in [2.45, 2.75) is 26.3 Å². The molecular weight excluding hydrogens is 229 g/mol. The molecule has 1 aromatic carbocycles. The zero-order valence-corrected chi connectivity index (χ0v) is 10.7. The number of rotatable bonds is 5. The number of halogens is 1. The summed E-state index contributed by atoms with van der Waals surface area (Å²) in [5.41, 5.74) is 1.01. The van der Waals surface area contributed by atoms with Crippen LogP contribution in [0.5, 0.6) is 0 Å². The second-order valence-corrected chi connectivity index (χ2v) is 4.39. The first-order valence-electron chi connectivity index (χ1n) is 6.26. The van der Waals surface area contributed by atoms with Crippen LogP contribution in [-0.2, 0) is 0 Å². The van der Waals surface area contributed by atoms with E-state index in [1.165, 1.54) is 12.1 Å². The van der Waals surface area contributed by atoms with Gasteiger partial charge in [-0.05, 0) is 49.7 Å². The molecule has 0 spiro atoms. The Labute approximate surface area is 107 Å². The summed E-state index contributed by atoms with van der Waals surface area (Å²) in [7, 11) is 0. The quantitative estimate of drug-likeness (QED) is 0.869. The topological polar surface area (TPSA) is 25.2 Å².